The van der Waals surface area contributed by atoms with E-state index in [1.54, 1.807) is 11.3 Å². The van der Waals surface area contributed by atoms with E-state index < -0.39 is 0 Å². The van der Waals surface area contributed by atoms with Crippen molar-refractivity contribution in [3.8, 4) is 22.0 Å². The van der Waals surface area contributed by atoms with Crippen molar-refractivity contribution in [2.24, 2.45) is 0 Å². The molecule has 2 aromatic heterocycles. The maximum Gasteiger partial charge on any atom is 0.159 e. The van der Waals surface area contributed by atoms with E-state index in [9.17, 15) is 0 Å². The van der Waals surface area contributed by atoms with Gasteiger partial charge in [-0.15, -0.1) is 11.3 Å². The molecule has 4 rings (SSSR count). The first kappa shape index (κ1) is 16.3. The van der Waals surface area contributed by atoms with E-state index >= 15 is 0 Å². The van der Waals surface area contributed by atoms with Gasteiger partial charge in [0.15, 0.2) is 5.82 Å². The van der Waals surface area contributed by atoms with Gasteiger partial charge >= 0.3 is 0 Å². The highest BCUT2D eigenvalue weighted by Gasteiger charge is 2.12. The van der Waals surface area contributed by atoms with Crippen LogP contribution in [0.5, 0.6) is 0 Å². The minimum absolute atomic E-state index is 0.744. The van der Waals surface area contributed by atoms with Gasteiger partial charge in [-0.1, -0.05) is 30.3 Å². The van der Waals surface area contributed by atoms with Crippen LogP contribution in [0.25, 0.3) is 22.0 Å². The third kappa shape index (κ3) is 4.10. The Morgan fingerprint density at radius 2 is 1.76 bits per heavy atom. The Labute approximate surface area is 151 Å². The van der Waals surface area contributed by atoms with Crippen LogP contribution in [-0.4, -0.2) is 52.7 Å². The molecule has 3 aromatic rings. The first-order valence-electron chi connectivity index (χ1n) is 8.51. The number of thiazole rings is 1. The lowest BCUT2D eigenvalue weighted by Gasteiger charge is -2.26. The Hall–Kier alpha value is -2.15. The van der Waals surface area contributed by atoms with Crippen LogP contribution >= 0.6 is 11.3 Å². The Morgan fingerprint density at radius 3 is 2.52 bits per heavy atom. The molecule has 1 aliphatic rings. The molecule has 0 amide bonds. The molecule has 6 heteroatoms. The second-order valence-electron chi connectivity index (χ2n) is 6.01. The summed E-state index contributed by atoms with van der Waals surface area (Å²) in [4.78, 5) is 16.2. The summed E-state index contributed by atoms with van der Waals surface area (Å²) in [7, 11) is 0. The van der Waals surface area contributed by atoms with Gasteiger partial charge in [-0.05, 0) is 0 Å². The second kappa shape index (κ2) is 7.82. The predicted molar refractivity (Wildman–Crippen MR) is 99.5 cm³/mol. The molecule has 0 atom stereocenters. The number of rotatable bonds is 5. The molecule has 1 saturated heterocycles. The largest absolute Gasteiger partial charge is 0.379 e. The number of aromatic nitrogens is 3. The third-order valence-corrected chi connectivity index (χ3v) is 5.21. The van der Waals surface area contributed by atoms with E-state index in [0.29, 0.717) is 0 Å². The smallest absolute Gasteiger partial charge is 0.159 e. The molecular weight excluding hydrogens is 332 g/mol. The van der Waals surface area contributed by atoms with Crippen LogP contribution in [0, 0.1) is 0 Å². The lowest BCUT2D eigenvalue weighted by molar-refractivity contribution is 0.0383. The topological polar surface area (TPSA) is 51.1 Å². The van der Waals surface area contributed by atoms with Crippen molar-refractivity contribution in [1.82, 2.24) is 19.9 Å². The zero-order valence-electron chi connectivity index (χ0n) is 14.0. The van der Waals surface area contributed by atoms with E-state index in [0.717, 1.165) is 66.9 Å². The minimum Gasteiger partial charge on any atom is -0.379 e. The molecule has 1 fully saturated rings. The highest BCUT2D eigenvalue weighted by molar-refractivity contribution is 7.13. The van der Waals surface area contributed by atoms with Crippen LogP contribution in [0.1, 0.15) is 5.69 Å². The summed E-state index contributed by atoms with van der Waals surface area (Å²) in [5.74, 6) is 0.744. The second-order valence-corrected chi connectivity index (χ2v) is 6.87. The number of hydrogen-bond donors (Lipinski definition) is 0. The van der Waals surface area contributed by atoms with E-state index in [1.165, 1.54) is 0 Å². The van der Waals surface area contributed by atoms with Crippen LogP contribution < -0.4 is 0 Å². The average molecular weight is 352 g/mol. The van der Waals surface area contributed by atoms with Gasteiger partial charge in [0.05, 0.1) is 18.9 Å². The SMILES string of the molecule is c1ccc(-c2ncc(-c3nc(CCN4CCOCC4)cs3)cn2)cc1. The summed E-state index contributed by atoms with van der Waals surface area (Å²) in [5, 5.41) is 3.12. The standard InChI is InChI=1S/C19H20N4OS/c1-2-4-15(5-3-1)18-20-12-16(13-21-18)19-22-17(14-25-19)6-7-23-8-10-24-11-9-23/h1-5,12-14H,6-11H2. The minimum atomic E-state index is 0.744. The molecule has 0 spiro atoms. The van der Waals surface area contributed by atoms with Gasteiger partial charge in [-0.2, -0.15) is 0 Å². The van der Waals surface area contributed by atoms with Crippen LogP contribution in [0.4, 0.5) is 0 Å². The van der Waals surface area contributed by atoms with E-state index in [-0.39, 0.29) is 0 Å². The van der Waals surface area contributed by atoms with Gasteiger partial charge in [-0.25, -0.2) is 15.0 Å². The Bertz CT molecular complexity index is 798. The van der Waals surface area contributed by atoms with Gasteiger partial charge in [0.1, 0.15) is 5.01 Å². The predicted octanol–water partition coefficient (Wildman–Crippen LogP) is 3.14. The van der Waals surface area contributed by atoms with E-state index in [4.69, 9.17) is 9.72 Å². The zero-order chi connectivity index (χ0) is 16.9. The Kier molecular flexibility index (Phi) is 5.11. The van der Waals surface area contributed by atoms with Crippen molar-refractivity contribution >= 4 is 11.3 Å². The van der Waals surface area contributed by atoms with Crippen molar-refractivity contribution in [1.29, 1.82) is 0 Å². The molecule has 5 nitrogen and oxygen atoms in total. The number of nitrogens with zero attached hydrogens (tertiary/aromatic N) is 4. The maximum absolute atomic E-state index is 5.39. The lowest BCUT2D eigenvalue weighted by Crippen LogP contribution is -2.37. The van der Waals surface area contributed by atoms with Crippen molar-refractivity contribution in [3.63, 3.8) is 0 Å². The summed E-state index contributed by atoms with van der Waals surface area (Å²) >= 11 is 1.66. The Morgan fingerprint density at radius 1 is 1.00 bits per heavy atom. The highest BCUT2D eigenvalue weighted by Crippen LogP contribution is 2.24. The fraction of sp³-hybridized carbons (Fsp3) is 0.316. The van der Waals surface area contributed by atoms with Crippen LogP contribution in [0.3, 0.4) is 0 Å². The van der Waals surface area contributed by atoms with Crippen LogP contribution in [0.15, 0.2) is 48.1 Å². The highest BCUT2D eigenvalue weighted by atomic mass is 32.1. The fourth-order valence-corrected chi connectivity index (χ4v) is 3.66. The summed E-state index contributed by atoms with van der Waals surface area (Å²) in [6.07, 6.45) is 4.69. The molecule has 0 saturated carbocycles. The Balaban J connectivity index is 1.41. The quantitative estimate of drug-likeness (QED) is 0.706. The lowest BCUT2D eigenvalue weighted by atomic mass is 10.2. The van der Waals surface area contributed by atoms with Gasteiger partial charge in [0.25, 0.3) is 0 Å². The van der Waals surface area contributed by atoms with Gasteiger partial charge in [0, 0.05) is 55.0 Å². The van der Waals surface area contributed by atoms with E-state index in [2.05, 4.69) is 20.2 Å². The average Bonchev–Trinajstić information content (AvgIpc) is 3.17. The molecule has 25 heavy (non-hydrogen) atoms. The first-order chi connectivity index (χ1) is 12.4. The number of benzene rings is 1. The third-order valence-electron chi connectivity index (χ3n) is 4.27. The fourth-order valence-electron chi connectivity index (χ4n) is 2.83. The number of ether oxygens (including phenoxy) is 1. The van der Waals surface area contributed by atoms with Crippen molar-refractivity contribution < 1.29 is 4.74 Å². The molecule has 1 aromatic carbocycles. The van der Waals surface area contributed by atoms with Gasteiger partial charge < -0.3 is 4.74 Å². The van der Waals surface area contributed by atoms with Crippen molar-refractivity contribution in [2.45, 2.75) is 6.42 Å². The van der Waals surface area contributed by atoms with Crippen LogP contribution in [-0.2, 0) is 11.2 Å². The summed E-state index contributed by atoms with van der Waals surface area (Å²) in [6, 6.07) is 10.0. The van der Waals surface area contributed by atoms with Crippen molar-refractivity contribution in [2.75, 3.05) is 32.8 Å². The first-order valence-corrected chi connectivity index (χ1v) is 9.39. The van der Waals surface area contributed by atoms with E-state index in [1.807, 2.05) is 42.7 Å². The molecule has 0 radical (unpaired) electrons. The normalized spacial score (nSPS) is 15.4. The monoisotopic (exact) mass is 352 g/mol. The zero-order valence-corrected chi connectivity index (χ0v) is 14.8. The molecule has 0 unspecified atom stereocenters. The van der Waals surface area contributed by atoms with Gasteiger partial charge in [0.2, 0.25) is 0 Å². The molecule has 3 heterocycles. The van der Waals surface area contributed by atoms with Crippen LogP contribution in [0.2, 0.25) is 0 Å². The maximum atomic E-state index is 5.39. The molecule has 0 bridgehead atoms. The molecule has 0 aliphatic carbocycles. The number of hydrogen-bond acceptors (Lipinski definition) is 6. The molecular formula is C19H20N4OS. The molecule has 1 aliphatic heterocycles. The summed E-state index contributed by atoms with van der Waals surface area (Å²) in [6.45, 7) is 4.76. The molecule has 0 N–H and O–H groups in total. The van der Waals surface area contributed by atoms with Gasteiger partial charge in [-0.3, -0.25) is 4.90 Å². The summed E-state index contributed by atoms with van der Waals surface area (Å²) < 4.78 is 5.39. The number of morpholine rings is 1. The summed E-state index contributed by atoms with van der Waals surface area (Å²) in [5.41, 5.74) is 3.14. The van der Waals surface area contributed by atoms with Crippen molar-refractivity contribution in [3.05, 3.63) is 53.8 Å². The molecule has 128 valence electrons.